The molecule has 3 aliphatic carbocycles. The first-order valence-electron chi connectivity index (χ1n) is 34.9. The van der Waals surface area contributed by atoms with Gasteiger partial charge < -0.3 is 9.13 Å². The first-order chi connectivity index (χ1) is 49.9. The molecule has 0 N–H and O–H groups in total. The van der Waals surface area contributed by atoms with Gasteiger partial charge in [-0.25, -0.2) is 4.98 Å². The molecule has 10 nitrogen and oxygen atoms in total. The zero-order valence-electron chi connectivity index (χ0n) is 57.3. The summed E-state index contributed by atoms with van der Waals surface area (Å²) in [6.45, 7) is 14.0. The molecule has 0 spiro atoms. The van der Waals surface area contributed by atoms with Crippen LogP contribution in [0.25, 0.3) is 150 Å². The van der Waals surface area contributed by atoms with Crippen molar-refractivity contribution in [1.29, 1.82) is 0 Å². The van der Waals surface area contributed by atoms with Crippen LogP contribution in [0.4, 0.5) is 0 Å². The molecule has 10 aromatic heterocycles. The topological polar surface area (TPSA) is 105 Å². The third-order valence-electron chi connectivity index (χ3n) is 21.7. The third kappa shape index (κ3) is 9.15. The Kier molecular flexibility index (Phi) is 13.7. The van der Waals surface area contributed by atoms with Crippen LogP contribution in [0.3, 0.4) is 0 Å². The molecule has 0 saturated heterocycles. The Morgan fingerprint density at radius 3 is 1.14 bits per heavy atom. The number of rotatable bonds is 6. The van der Waals surface area contributed by atoms with Crippen molar-refractivity contribution in [3.05, 3.63) is 338 Å². The van der Waals surface area contributed by atoms with Gasteiger partial charge in [-0.2, -0.15) is 0 Å². The lowest BCUT2D eigenvalue weighted by Crippen LogP contribution is -2.16. The average Bonchev–Trinajstić information content (AvgIpc) is 1.55. The number of hydrogen-bond acceptors (Lipinski definition) is 7. The number of fused-ring (bicyclic) bond motifs is 21. The Morgan fingerprint density at radius 1 is 0.275 bits per heavy atom. The second kappa shape index (κ2) is 23.2. The van der Waals surface area contributed by atoms with Crippen molar-refractivity contribution in [3.63, 3.8) is 0 Å². The minimum Gasteiger partial charge on any atom is -0.307 e. The number of nitrogens with zero attached hydrogens (tertiary/aromatic N) is 10. The van der Waals surface area contributed by atoms with E-state index in [1.807, 2.05) is 98.0 Å². The second-order valence-electron chi connectivity index (χ2n) is 28.5. The van der Waals surface area contributed by atoms with Crippen molar-refractivity contribution in [2.45, 2.75) is 57.8 Å². The smallest absolute Gasteiger partial charge is 0.138 e. The quantitative estimate of drug-likeness (QED) is 0.163. The van der Waals surface area contributed by atoms with Crippen molar-refractivity contribution in [3.8, 4) is 84.2 Å². The molecule has 0 unspecified atom stereocenters. The monoisotopic (exact) mass is 1310 g/mol. The maximum atomic E-state index is 5.10. The molecule has 0 radical (unpaired) electrons. The highest BCUT2D eigenvalue weighted by atomic mass is 15.1. The highest BCUT2D eigenvalue weighted by Crippen LogP contribution is 2.56. The van der Waals surface area contributed by atoms with Gasteiger partial charge in [0.15, 0.2) is 0 Å². The van der Waals surface area contributed by atoms with Gasteiger partial charge in [-0.05, 0) is 194 Å². The lowest BCUT2D eigenvalue weighted by Gasteiger charge is -2.23. The van der Waals surface area contributed by atoms with Crippen LogP contribution in [0.2, 0.25) is 0 Å². The fourth-order valence-corrected chi connectivity index (χ4v) is 17.2. The van der Waals surface area contributed by atoms with Crippen LogP contribution < -0.4 is 0 Å². The van der Waals surface area contributed by atoms with E-state index in [9.17, 15) is 0 Å². The zero-order valence-corrected chi connectivity index (χ0v) is 57.3. The molecule has 0 amide bonds. The maximum absolute atomic E-state index is 5.10. The van der Waals surface area contributed by atoms with Gasteiger partial charge in [-0.3, -0.25) is 34.5 Å². The van der Waals surface area contributed by atoms with E-state index in [1.165, 1.54) is 94.1 Å². The number of aromatic nitrogens is 10. The van der Waals surface area contributed by atoms with Crippen LogP contribution in [0.5, 0.6) is 0 Å². The van der Waals surface area contributed by atoms with Crippen molar-refractivity contribution in [1.82, 2.24) is 48.6 Å². The van der Waals surface area contributed by atoms with Gasteiger partial charge in [-0.15, -0.1) is 0 Å². The largest absolute Gasteiger partial charge is 0.307 e. The van der Waals surface area contributed by atoms with Crippen molar-refractivity contribution in [2.75, 3.05) is 0 Å². The SMILES string of the molecule is CC1(C)c2ccccc2-c2ccc3c4ncccc4n(-c4cccc(-c5ccccn5)c4)c3c21.CC1(C)c2ccccc2-c2ccc3c4ncccc4n(-c4cccc(-c5cccnc5)c4)c3c21.CC1(C)c2ccccc2-c2ccc3c4ncccc4n(-c4cccc(-c5cccnc5)n4)c3c21. The highest BCUT2D eigenvalue weighted by Gasteiger charge is 2.42. The number of benzene rings is 8. The molecule has 8 aromatic carbocycles. The summed E-state index contributed by atoms with van der Waals surface area (Å²) in [7, 11) is 0. The van der Waals surface area contributed by atoms with Gasteiger partial charge in [0.25, 0.3) is 0 Å². The molecule has 0 atom stereocenters. The van der Waals surface area contributed by atoms with Gasteiger partial charge in [0, 0.05) is 110 Å². The van der Waals surface area contributed by atoms with Gasteiger partial charge in [-0.1, -0.05) is 175 Å². The van der Waals surface area contributed by atoms with E-state index in [1.54, 1.807) is 6.20 Å². The molecular weight excluding hydrogens is 1250 g/mol. The summed E-state index contributed by atoms with van der Waals surface area (Å²) < 4.78 is 7.10. The van der Waals surface area contributed by atoms with E-state index in [0.717, 1.165) is 89.3 Å². The normalized spacial score (nSPS) is 13.8. The standard InChI is InChI=1S/2C31H23N3.C30H22N4/c1-31(2)26-12-4-3-11-23(26)24-14-15-25-29-27(13-7-17-33-29)34(30(25)28(24)31)22-10-5-8-20(18-22)21-9-6-16-32-19-21;1-31(2)25-12-4-3-11-22(25)23-15-16-24-29-27(14-8-18-33-29)34(30(24)28(23)31)21-10-7-9-20(19-21)26-13-5-6-17-32-26;1-30(2)23-10-4-3-9-20(23)21-14-15-22-28-25(12-7-17-32-28)34(29(22)27(21)30)26-13-5-11-24(33-26)19-8-6-16-31-18-19/h2*3-19H,1-2H3;3-18H,1-2H3. The summed E-state index contributed by atoms with van der Waals surface area (Å²) >= 11 is 0. The van der Waals surface area contributed by atoms with E-state index >= 15 is 0 Å². The summed E-state index contributed by atoms with van der Waals surface area (Å²) in [5.41, 5.74) is 34.3. The molecule has 0 saturated carbocycles. The van der Waals surface area contributed by atoms with E-state index in [2.05, 4.69) is 270 Å². The summed E-state index contributed by atoms with van der Waals surface area (Å²) in [5.74, 6) is 0.884. The molecule has 0 fully saturated rings. The van der Waals surface area contributed by atoms with Crippen molar-refractivity contribution >= 4 is 65.8 Å². The minimum absolute atomic E-state index is 0.113. The van der Waals surface area contributed by atoms with Crippen molar-refractivity contribution < 1.29 is 0 Å². The van der Waals surface area contributed by atoms with Crippen LogP contribution in [-0.4, -0.2) is 48.6 Å². The van der Waals surface area contributed by atoms with E-state index in [0.29, 0.717) is 0 Å². The summed E-state index contributed by atoms with van der Waals surface area (Å²) in [5, 5.41) is 3.55. The Balaban J connectivity index is 0.000000106. The Labute approximate surface area is 590 Å². The third-order valence-corrected chi connectivity index (χ3v) is 21.7. The van der Waals surface area contributed by atoms with Gasteiger partial charge in [0.1, 0.15) is 5.82 Å². The minimum atomic E-state index is -0.140. The first-order valence-corrected chi connectivity index (χ1v) is 34.9. The second-order valence-corrected chi connectivity index (χ2v) is 28.5. The highest BCUT2D eigenvalue weighted by molar-refractivity contribution is 6.14. The van der Waals surface area contributed by atoms with E-state index in [4.69, 9.17) is 19.9 Å². The Hall–Kier alpha value is -12.8. The molecule has 486 valence electrons. The molecule has 102 heavy (non-hydrogen) atoms. The number of hydrogen-bond donors (Lipinski definition) is 0. The van der Waals surface area contributed by atoms with Crippen molar-refractivity contribution in [2.24, 2.45) is 0 Å². The van der Waals surface area contributed by atoms with Gasteiger partial charge >= 0.3 is 0 Å². The molecule has 10 heteroatoms. The Bertz CT molecular complexity index is 5800. The first kappa shape index (κ1) is 60.4. The predicted octanol–water partition coefficient (Wildman–Crippen LogP) is 22.0. The molecule has 3 aliphatic rings. The summed E-state index contributed by atoms with van der Waals surface area (Å²) in [4.78, 5) is 32.8. The van der Waals surface area contributed by atoms with Crippen LogP contribution in [0.15, 0.2) is 304 Å². The molecule has 0 bridgehead atoms. The molecular formula is C92H68N10. The van der Waals surface area contributed by atoms with Gasteiger partial charge in [0.05, 0.1) is 61.0 Å². The van der Waals surface area contributed by atoms with Crippen LogP contribution >= 0.6 is 0 Å². The van der Waals surface area contributed by atoms with E-state index in [-0.39, 0.29) is 16.2 Å². The van der Waals surface area contributed by atoms with Crippen LogP contribution in [0, 0.1) is 0 Å². The molecule has 18 aromatic rings. The maximum Gasteiger partial charge on any atom is 0.138 e. The molecule has 0 aliphatic heterocycles. The zero-order chi connectivity index (χ0) is 68.6. The fourth-order valence-electron chi connectivity index (χ4n) is 17.2. The lowest BCUT2D eigenvalue weighted by atomic mass is 9.81. The lowest BCUT2D eigenvalue weighted by molar-refractivity contribution is 0.663. The fraction of sp³-hybridized carbons (Fsp3) is 0.0978. The summed E-state index contributed by atoms with van der Waals surface area (Å²) in [6, 6.07) is 90.3. The van der Waals surface area contributed by atoms with Gasteiger partial charge in [0.2, 0.25) is 0 Å². The molecule has 21 rings (SSSR count). The van der Waals surface area contributed by atoms with Crippen LogP contribution in [-0.2, 0) is 16.2 Å². The summed E-state index contributed by atoms with van der Waals surface area (Å²) in [6.07, 6.45) is 14.9. The Morgan fingerprint density at radius 2 is 0.667 bits per heavy atom. The van der Waals surface area contributed by atoms with E-state index < -0.39 is 0 Å². The number of pyridine rings is 7. The predicted molar refractivity (Wildman–Crippen MR) is 416 cm³/mol. The average molecular weight is 1310 g/mol. The van der Waals surface area contributed by atoms with Crippen LogP contribution in [0.1, 0.15) is 74.9 Å². The molecule has 10 heterocycles.